The molecule has 108 valence electrons. The van der Waals surface area contributed by atoms with E-state index in [4.69, 9.17) is 0 Å². The van der Waals surface area contributed by atoms with Crippen LogP contribution in [-0.4, -0.2) is 6.21 Å². The van der Waals surface area contributed by atoms with Crippen molar-refractivity contribution in [3.05, 3.63) is 65.2 Å². The quantitative estimate of drug-likeness (QED) is 0.583. The Balaban J connectivity index is 0.000000829. The second-order valence-corrected chi connectivity index (χ2v) is 4.00. The van der Waals surface area contributed by atoms with Crippen LogP contribution in [0.4, 0.5) is 5.69 Å². The summed E-state index contributed by atoms with van der Waals surface area (Å²) in [5.41, 5.74) is 4.65. The van der Waals surface area contributed by atoms with Crippen LogP contribution in [0, 0.1) is 13.8 Å². The standard InChI is InChI=1S/C15H15N.2C2H6/c1-12-3-7-14(8-4-12)11-16-15-9-5-13(2)6-10-15;2*1-2/h3-11H,1-2H3;2*1-2H3. The molecule has 0 fully saturated rings. The Bertz CT molecular complexity index is 431. The van der Waals surface area contributed by atoms with Crippen molar-refractivity contribution in [1.82, 2.24) is 0 Å². The molecule has 0 unspecified atom stereocenters. The van der Waals surface area contributed by atoms with Crippen molar-refractivity contribution < 1.29 is 0 Å². The van der Waals surface area contributed by atoms with Crippen LogP contribution in [0.25, 0.3) is 0 Å². The lowest BCUT2D eigenvalue weighted by Crippen LogP contribution is -1.80. The van der Waals surface area contributed by atoms with Gasteiger partial charge in [0.25, 0.3) is 0 Å². The summed E-state index contributed by atoms with van der Waals surface area (Å²) < 4.78 is 0. The van der Waals surface area contributed by atoms with Gasteiger partial charge in [-0.05, 0) is 31.5 Å². The predicted octanol–water partition coefficient (Wildman–Crippen LogP) is 6.11. The van der Waals surface area contributed by atoms with E-state index >= 15 is 0 Å². The third kappa shape index (κ3) is 6.89. The number of nitrogens with zero attached hydrogens (tertiary/aromatic N) is 1. The molecule has 2 rings (SSSR count). The smallest absolute Gasteiger partial charge is 0.0630 e. The zero-order valence-electron chi connectivity index (χ0n) is 13.6. The van der Waals surface area contributed by atoms with Gasteiger partial charge in [0.05, 0.1) is 5.69 Å². The van der Waals surface area contributed by atoms with Gasteiger partial charge in [0.2, 0.25) is 0 Å². The number of hydrogen-bond donors (Lipinski definition) is 0. The van der Waals surface area contributed by atoms with Crippen LogP contribution in [0.5, 0.6) is 0 Å². The highest BCUT2D eigenvalue weighted by Crippen LogP contribution is 2.12. The highest BCUT2D eigenvalue weighted by molar-refractivity contribution is 5.81. The second kappa shape index (κ2) is 11.0. The molecular formula is C19H27N. The maximum atomic E-state index is 4.42. The Hall–Kier alpha value is -1.89. The summed E-state index contributed by atoms with van der Waals surface area (Å²) in [6, 6.07) is 16.5. The van der Waals surface area contributed by atoms with Gasteiger partial charge in [-0.2, -0.15) is 0 Å². The summed E-state index contributed by atoms with van der Waals surface area (Å²) >= 11 is 0. The molecule has 1 nitrogen and oxygen atoms in total. The summed E-state index contributed by atoms with van der Waals surface area (Å²) in [6.07, 6.45) is 1.89. The molecule has 20 heavy (non-hydrogen) atoms. The molecule has 0 amide bonds. The minimum absolute atomic E-state index is 0.992. The van der Waals surface area contributed by atoms with Gasteiger partial charge in [0.15, 0.2) is 0 Å². The predicted molar refractivity (Wildman–Crippen MR) is 92.3 cm³/mol. The lowest BCUT2D eigenvalue weighted by atomic mass is 10.2. The van der Waals surface area contributed by atoms with Gasteiger partial charge >= 0.3 is 0 Å². The average molecular weight is 269 g/mol. The SMILES string of the molecule is CC.CC.Cc1ccc(C=Nc2ccc(C)cc2)cc1. The van der Waals surface area contributed by atoms with Crippen LogP contribution in [0.1, 0.15) is 44.4 Å². The lowest BCUT2D eigenvalue weighted by molar-refractivity contribution is 1.43. The fourth-order valence-corrected chi connectivity index (χ4v) is 1.43. The van der Waals surface area contributed by atoms with Crippen LogP contribution in [0.15, 0.2) is 53.5 Å². The molecule has 0 bridgehead atoms. The number of rotatable bonds is 2. The Kier molecular flexibility index (Phi) is 9.94. The van der Waals surface area contributed by atoms with Crippen molar-refractivity contribution in [1.29, 1.82) is 0 Å². The van der Waals surface area contributed by atoms with Crippen molar-refractivity contribution in [2.45, 2.75) is 41.5 Å². The van der Waals surface area contributed by atoms with Crippen LogP contribution in [-0.2, 0) is 0 Å². The van der Waals surface area contributed by atoms with E-state index in [0.717, 1.165) is 11.3 Å². The summed E-state index contributed by atoms with van der Waals surface area (Å²) in [6.45, 7) is 12.2. The Morgan fingerprint density at radius 1 is 0.650 bits per heavy atom. The minimum Gasteiger partial charge on any atom is -0.256 e. The molecule has 0 saturated carbocycles. The molecule has 2 aromatic carbocycles. The second-order valence-electron chi connectivity index (χ2n) is 4.00. The third-order valence-electron chi connectivity index (χ3n) is 2.47. The first-order valence-electron chi connectivity index (χ1n) is 7.41. The summed E-state index contributed by atoms with van der Waals surface area (Å²) in [4.78, 5) is 4.42. The van der Waals surface area contributed by atoms with Crippen LogP contribution >= 0.6 is 0 Å². The van der Waals surface area contributed by atoms with Crippen molar-refractivity contribution in [2.75, 3.05) is 0 Å². The molecule has 0 atom stereocenters. The van der Waals surface area contributed by atoms with Crippen molar-refractivity contribution in [2.24, 2.45) is 4.99 Å². The molecule has 0 N–H and O–H groups in total. The molecule has 0 aliphatic carbocycles. The Labute approximate surface area is 124 Å². The van der Waals surface area contributed by atoms with Crippen molar-refractivity contribution in [3.63, 3.8) is 0 Å². The topological polar surface area (TPSA) is 12.4 Å². The molecule has 2 aromatic rings. The normalized spacial score (nSPS) is 9.30. The largest absolute Gasteiger partial charge is 0.256 e. The molecule has 0 radical (unpaired) electrons. The van der Waals surface area contributed by atoms with Gasteiger partial charge < -0.3 is 0 Å². The summed E-state index contributed by atoms with van der Waals surface area (Å²) in [5, 5.41) is 0. The van der Waals surface area contributed by atoms with Gasteiger partial charge in [-0.25, -0.2) is 0 Å². The molecular weight excluding hydrogens is 242 g/mol. The van der Waals surface area contributed by atoms with Gasteiger partial charge in [-0.15, -0.1) is 0 Å². The van der Waals surface area contributed by atoms with Gasteiger partial charge in [-0.3, -0.25) is 4.99 Å². The first-order valence-corrected chi connectivity index (χ1v) is 7.41. The number of aliphatic imine (C=N–C) groups is 1. The van der Waals surface area contributed by atoms with Gasteiger partial charge in [0, 0.05) is 6.21 Å². The first-order chi connectivity index (χ1) is 9.74. The lowest BCUT2D eigenvalue weighted by Gasteiger charge is -1.96. The molecule has 0 saturated heterocycles. The highest BCUT2D eigenvalue weighted by Gasteiger charge is 1.89. The molecule has 0 spiro atoms. The zero-order chi connectivity index (χ0) is 15.4. The van der Waals surface area contributed by atoms with E-state index in [2.05, 4.69) is 55.2 Å². The van der Waals surface area contributed by atoms with Crippen LogP contribution in [0.3, 0.4) is 0 Å². The van der Waals surface area contributed by atoms with E-state index in [1.165, 1.54) is 11.1 Å². The zero-order valence-corrected chi connectivity index (χ0v) is 13.6. The summed E-state index contributed by atoms with van der Waals surface area (Å²) in [7, 11) is 0. The van der Waals surface area contributed by atoms with E-state index in [-0.39, 0.29) is 0 Å². The maximum Gasteiger partial charge on any atom is 0.0630 e. The van der Waals surface area contributed by atoms with Crippen molar-refractivity contribution in [3.8, 4) is 0 Å². The fourth-order valence-electron chi connectivity index (χ4n) is 1.43. The van der Waals surface area contributed by atoms with Gasteiger partial charge in [0.1, 0.15) is 0 Å². The first kappa shape index (κ1) is 18.1. The van der Waals surface area contributed by atoms with E-state index < -0.39 is 0 Å². The molecule has 1 heteroatoms. The van der Waals surface area contributed by atoms with E-state index in [9.17, 15) is 0 Å². The van der Waals surface area contributed by atoms with E-state index in [0.29, 0.717) is 0 Å². The van der Waals surface area contributed by atoms with Gasteiger partial charge in [-0.1, -0.05) is 75.2 Å². The number of benzene rings is 2. The maximum absolute atomic E-state index is 4.42. The third-order valence-corrected chi connectivity index (χ3v) is 2.47. The number of aryl methyl sites for hydroxylation is 2. The average Bonchev–Trinajstić information content (AvgIpc) is 2.52. The summed E-state index contributed by atoms with van der Waals surface area (Å²) in [5.74, 6) is 0. The molecule has 0 aliphatic heterocycles. The monoisotopic (exact) mass is 269 g/mol. The van der Waals surface area contributed by atoms with Crippen LogP contribution < -0.4 is 0 Å². The minimum atomic E-state index is 0.992. The highest BCUT2D eigenvalue weighted by atomic mass is 14.7. The molecule has 0 aliphatic rings. The molecule has 0 heterocycles. The van der Waals surface area contributed by atoms with Crippen molar-refractivity contribution >= 4 is 11.9 Å². The molecule has 0 aromatic heterocycles. The van der Waals surface area contributed by atoms with Crippen LogP contribution in [0.2, 0.25) is 0 Å². The Morgan fingerprint density at radius 2 is 1.05 bits per heavy atom. The number of hydrogen-bond acceptors (Lipinski definition) is 1. The van der Waals surface area contributed by atoms with E-state index in [1.807, 2.05) is 46.0 Å². The Morgan fingerprint density at radius 3 is 1.50 bits per heavy atom. The van der Waals surface area contributed by atoms with E-state index in [1.54, 1.807) is 0 Å². The fraction of sp³-hybridized carbons (Fsp3) is 0.316.